The standard InChI is InChI=1S/C14H19N3O2/c1-3-16-6-7-17(14(16)18)10-11-4-5-13(19-2)12(8-11)9-15/h4-8H,3,9-10,15H2,1-2H3. The van der Waals surface area contributed by atoms with E-state index in [1.54, 1.807) is 28.6 Å². The first-order valence-corrected chi connectivity index (χ1v) is 6.31. The molecule has 5 heteroatoms. The molecular weight excluding hydrogens is 242 g/mol. The van der Waals surface area contributed by atoms with Crippen molar-refractivity contribution >= 4 is 0 Å². The summed E-state index contributed by atoms with van der Waals surface area (Å²) in [6, 6.07) is 5.82. The van der Waals surface area contributed by atoms with Crippen molar-refractivity contribution in [3.63, 3.8) is 0 Å². The van der Waals surface area contributed by atoms with E-state index >= 15 is 0 Å². The second-order valence-corrected chi connectivity index (χ2v) is 4.34. The van der Waals surface area contributed by atoms with Gasteiger partial charge in [0.05, 0.1) is 13.7 Å². The molecule has 0 saturated carbocycles. The zero-order valence-corrected chi connectivity index (χ0v) is 11.3. The van der Waals surface area contributed by atoms with Crippen molar-refractivity contribution in [3.05, 3.63) is 52.2 Å². The van der Waals surface area contributed by atoms with Crippen LogP contribution in [0.3, 0.4) is 0 Å². The predicted octanol–water partition coefficient (Wildman–Crippen LogP) is 1.19. The van der Waals surface area contributed by atoms with Gasteiger partial charge in [-0.3, -0.25) is 9.13 Å². The zero-order chi connectivity index (χ0) is 13.8. The Kier molecular flexibility index (Phi) is 4.06. The van der Waals surface area contributed by atoms with E-state index < -0.39 is 0 Å². The summed E-state index contributed by atoms with van der Waals surface area (Å²) in [6.07, 6.45) is 3.61. The van der Waals surface area contributed by atoms with Crippen LogP contribution in [-0.2, 0) is 19.6 Å². The Morgan fingerprint density at radius 2 is 2.00 bits per heavy atom. The van der Waals surface area contributed by atoms with Gasteiger partial charge in [-0.1, -0.05) is 6.07 Å². The van der Waals surface area contributed by atoms with Crippen LogP contribution in [0.1, 0.15) is 18.1 Å². The molecule has 0 unspecified atom stereocenters. The molecule has 2 aromatic rings. The summed E-state index contributed by atoms with van der Waals surface area (Å²) in [4.78, 5) is 12.0. The molecule has 0 aliphatic carbocycles. The number of nitrogens with two attached hydrogens (primary N) is 1. The van der Waals surface area contributed by atoms with Gasteiger partial charge < -0.3 is 10.5 Å². The highest BCUT2D eigenvalue weighted by atomic mass is 16.5. The van der Waals surface area contributed by atoms with Crippen molar-refractivity contribution in [2.24, 2.45) is 5.73 Å². The molecule has 0 radical (unpaired) electrons. The molecule has 5 nitrogen and oxygen atoms in total. The Balaban J connectivity index is 2.28. The van der Waals surface area contributed by atoms with Crippen molar-refractivity contribution in [2.75, 3.05) is 7.11 Å². The van der Waals surface area contributed by atoms with Crippen molar-refractivity contribution in [2.45, 2.75) is 26.6 Å². The highest BCUT2D eigenvalue weighted by Crippen LogP contribution is 2.19. The minimum atomic E-state index is 0.00705. The molecule has 0 aliphatic rings. The van der Waals surface area contributed by atoms with Crippen LogP contribution in [0.5, 0.6) is 5.75 Å². The molecule has 1 aromatic carbocycles. The van der Waals surface area contributed by atoms with E-state index in [1.807, 2.05) is 25.1 Å². The number of ether oxygens (including phenoxy) is 1. The van der Waals surface area contributed by atoms with Crippen LogP contribution >= 0.6 is 0 Å². The molecule has 0 spiro atoms. The zero-order valence-electron chi connectivity index (χ0n) is 11.3. The van der Waals surface area contributed by atoms with Crippen LogP contribution in [0.15, 0.2) is 35.4 Å². The first-order chi connectivity index (χ1) is 9.19. The quantitative estimate of drug-likeness (QED) is 0.879. The molecule has 2 rings (SSSR count). The molecule has 0 amide bonds. The van der Waals surface area contributed by atoms with Crippen molar-refractivity contribution in [3.8, 4) is 5.75 Å². The minimum Gasteiger partial charge on any atom is -0.496 e. The molecule has 2 N–H and O–H groups in total. The van der Waals surface area contributed by atoms with Gasteiger partial charge in [-0.25, -0.2) is 4.79 Å². The van der Waals surface area contributed by atoms with Gasteiger partial charge in [0.15, 0.2) is 0 Å². The Hall–Kier alpha value is -2.01. The van der Waals surface area contributed by atoms with Gasteiger partial charge in [0, 0.05) is 31.0 Å². The molecular formula is C14H19N3O2. The largest absolute Gasteiger partial charge is 0.496 e. The van der Waals surface area contributed by atoms with Gasteiger partial charge in [0.25, 0.3) is 0 Å². The lowest BCUT2D eigenvalue weighted by Gasteiger charge is -2.09. The number of hydrogen-bond donors (Lipinski definition) is 1. The van der Waals surface area contributed by atoms with E-state index in [1.165, 1.54) is 0 Å². The average molecular weight is 261 g/mol. The third-order valence-corrected chi connectivity index (χ3v) is 3.18. The van der Waals surface area contributed by atoms with Gasteiger partial charge in [0.2, 0.25) is 0 Å². The van der Waals surface area contributed by atoms with Gasteiger partial charge >= 0.3 is 5.69 Å². The molecule has 0 aliphatic heterocycles. The van der Waals surface area contributed by atoms with E-state index in [9.17, 15) is 4.79 Å². The van der Waals surface area contributed by atoms with Crippen molar-refractivity contribution < 1.29 is 4.74 Å². The first kappa shape index (κ1) is 13.4. The van der Waals surface area contributed by atoms with E-state index in [0.717, 1.165) is 16.9 Å². The second kappa shape index (κ2) is 5.75. The SMILES string of the molecule is CCn1ccn(Cc2ccc(OC)c(CN)c2)c1=O. The van der Waals surface area contributed by atoms with Crippen LogP contribution in [0.4, 0.5) is 0 Å². The van der Waals surface area contributed by atoms with Crippen molar-refractivity contribution in [1.29, 1.82) is 0 Å². The molecule has 0 bridgehead atoms. The van der Waals surface area contributed by atoms with Gasteiger partial charge in [0.1, 0.15) is 5.75 Å². The lowest BCUT2D eigenvalue weighted by atomic mass is 10.1. The number of imidazole rings is 1. The number of aromatic nitrogens is 2. The monoisotopic (exact) mass is 261 g/mol. The fourth-order valence-corrected chi connectivity index (χ4v) is 2.10. The van der Waals surface area contributed by atoms with Crippen LogP contribution in [0.2, 0.25) is 0 Å². The number of rotatable bonds is 5. The summed E-state index contributed by atoms with van der Waals surface area (Å²) in [5.74, 6) is 0.782. The van der Waals surface area contributed by atoms with Crippen molar-refractivity contribution in [1.82, 2.24) is 9.13 Å². The lowest BCUT2D eigenvalue weighted by Crippen LogP contribution is -2.23. The number of benzene rings is 1. The Labute approximate surface area is 112 Å². The molecule has 0 saturated heterocycles. The Morgan fingerprint density at radius 1 is 1.26 bits per heavy atom. The topological polar surface area (TPSA) is 62.2 Å². The van der Waals surface area contributed by atoms with Gasteiger partial charge in [-0.05, 0) is 24.6 Å². The molecule has 0 fully saturated rings. The van der Waals surface area contributed by atoms with E-state index in [2.05, 4.69) is 0 Å². The number of hydrogen-bond acceptors (Lipinski definition) is 3. The van der Waals surface area contributed by atoms with E-state index in [4.69, 9.17) is 10.5 Å². The maximum atomic E-state index is 12.0. The van der Waals surface area contributed by atoms with Crippen LogP contribution in [0.25, 0.3) is 0 Å². The summed E-state index contributed by atoms with van der Waals surface area (Å²) >= 11 is 0. The fraction of sp³-hybridized carbons (Fsp3) is 0.357. The predicted molar refractivity (Wildman–Crippen MR) is 74.4 cm³/mol. The van der Waals surface area contributed by atoms with E-state index in [-0.39, 0.29) is 5.69 Å². The maximum Gasteiger partial charge on any atom is 0.328 e. The van der Waals surface area contributed by atoms with Gasteiger partial charge in [-0.2, -0.15) is 0 Å². The molecule has 19 heavy (non-hydrogen) atoms. The average Bonchev–Trinajstić information content (AvgIpc) is 2.79. The van der Waals surface area contributed by atoms with Crippen LogP contribution in [-0.4, -0.2) is 16.2 Å². The molecule has 1 heterocycles. The normalized spacial score (nSPS) is 10.7. The number of methoxy groups -OCH3 is 1. The lowest BCUT2D eigenvalue weighted by molar-refractivity contribution is 0.409. The smallest absolute Gasteiger partial charge is 0.328 e. The van der Waals surface area contributed by atoms with Crippen LogP contribution < -0.4 is 16.2 Å². The third-order valence-electron chi connectivity index (χ3n) is 3.18. The van der Waals surface area contributed by atoms with E-state index in [0.29, 0.717) is 19.6 Å². The van der Waals surface area contributed by atoms with Crippen LogP contribution in [0, 0.1) is 0 Å². The highest BCUT2D eigenvalue weighted by molar-refractivity contribution is 5.37. The minimum absolute atomic E-state index is 0.00705. The number of aryl methyl sites for hydroxylation is 1. The second-order valence-electron chi connectivity index (χ2n) is 4.34. The maximum absolute atomic E-state index is 12.0. The molecule has 0 atom stereocenters. The summed E-state index contributed by atoms with van der Waals surface area (Å²) in [5, 5.41) is 0. The Bertz CT molecular complexity index is 613. The fourth-order valence-electron chi connectivity index (χ4n) is 2.10. The summed E-state index contributed by atoms with van der Waals surface area (Å²) in [7, 11) is 1.63. The first-order valence-electron chi connectivity index (χ1n) is 6.31. The summed E-state index contributed by atoms with van der Waals surface area (Å²) < 4.78 is 8.59. The molecule has 102 valence electrons. The molecule has 1 aromatic heterocycles. The van der Waals surface area contributed by atoms with Gasteiger partial charge in [-0.15, -0.1) is 0 Å². The highest BCUT2D eigenvalue weighted by Gasteiger charge is 2.06. The summed E-state index contributed by atoms with van der Waals surface area (Å²) in [5.41, 5.74) is 7.68. The number of nitrogens with zero attached hydrogens (tertiary/aromatic N) is 2. The Morgan fingerprint density at radius 3 is 2.58 bits per heavy atom. The summed E-state index contributed by atoms with van der Waals surface area (Å²) in [6.45, 7) is 3.60. The third kappa shape index (κ3) is 2.71.